The Hall–Kier alpha value is -1.75. The number of anilines is 1. The summed E-state index contributed by atoms with van der Waals surface area (Å²) in [6, 6.07) is 12.5. The average molecular weight is 353 g/mol. The molecule has 6 heteroatoms. The lowest BCUT2D eigenvalue weighted by molar-refractivity contribution is -0.115. The van der Waals surface area contributed by atoms with Crippen molar-refractivity contribution in [1.29, 1.82) is 0 Å². The predicted octanol–water partition coefficient (Wildman–Crippen LogP) is 4.29. The van der Waals surface area contributed by atoms with Gasteiger partial charge in [-0.1, -0.05) is 41.4 Å². The molecule has 1 unspecified atom stereocenters. The fraction of sp³-hybridized carbons (Fsp3) is 0.235. The second-order valence-electron chi connectivity index (χ2n) is 5.02. The number of carbonyl (C=O) groups excluding carboxylic acids is 1. The number of hydrogen-bond acceptors (Lipinski definition) is 3. The molecule has 4 nitrogen and oxygen atoms in total. The van der Waals surface area contributed by atoms with E-state index in [0.29, 0.717) is 21.5 Å². The summed E-state index contributed by atoms with van der Waals surface area (Å²) in [5.74, 6) is 0.367. The number of ether oxygens (including phenoxy) is 1. The van der Waals surface area contributed by atoms with E-state index in [1.165, 1.54) is 7.11 Å². The third-order valence-electron chi connectivity index (χ3n) is 3.38. The number of benzene rings is 2. The van der Waals surface area contributed by atoms with Gasteiger partial charge in [-0.15, -0.1) is 0 Å². The maximum Gasteiger partial charge on any atom is 0.238 e. The van der Waals surface area contributed by atoms with Gasteiger partial charge in [-0.25, -0.2) is 0 Å². The van der Waals surface area contributed by atoms with Crippen molar-refractivity contribution >= 4 is 34.8 Å². The van der Waals surface area contributed by atoms with Gasteiger partial charge in [-0.2, -0.15) is 0 Å². The van der Waals surface area contributed by atoms with Crippen LogP contribution in [0.5, 0.6) is 5.75 Å². The Morgan fingerprint density at radius 2 is 1.96 bits per heavy atom. The molecular weight excluding hydrogens is 335 g/mol. The van der Waals surface area contributed by atoms with Crippen molar-refractivity contribution in [2.75, 3.05) is 19.0 Å². The van der Waals surface area contributed by atoms with E-state index in [2.05, 4.69) is 10.6 Å². The van der Waals surface area contributed by atoms with E-state index in [9.17, 15) is 4.79 Å². The quantitative estimate of drug-likeness (QED) is 0.815. The molecule has 0 radical (unpaired) electrons. The van der Waals surface area contributed by atoms with Gasteiger partial charge in [0.05, 0.1) is 19.3 Å². The lowest BCUT2D eigenvalue weighted by Crippen LogP contribution is -2.30. The third kappa shape index (κ3) is 4.86. The van der Waals surface area contributed by atoms with E-state index >= 15 is 0 Å². The maximum atomic E-state index is 12.1. The summed E-state index contributed by atoms with van der Waals surface area (Å²) in [7, 11) is 1.54. The highest BCUT2D eigenvalue weighted by Crippen LogP contribution is 2.27. The number of hydrogen-bond donors (Lipinski definition) is 2. The summed E-state index contributed by atoms with van der Waals surface area (Å²) in [6.45, 7) is 2.09. The molecule has 0 fully saturated rings. The molecule has 0 aromatic heterocycles. The van der Waals surface area contributed by atoms with Crippen LogP contribution in [0.15, 0.2) is 42.5 Å². The number of carbonyl (C=O) groups is 1. The van der Waals surface area contributed by atoms with Crippen LogP contribution in [-0.2, 0) is 4.79 Å². The first-order valence-electron chi connectivity index (χ1n) is 7.12. The summed E-state index contributed by atoms with van der Waals surface area (Å²) >= 11 is 12.1. The zero-order chi connectivity index (χ0) is 16.8. The number of rotatable bonds is 6. The van der Waals surface area contributed by atoms with Crippen LogP contribution in [0.3, 0.4) is 0 Å². The standard InChI is InChI=1S/C17H18Cl2N2O2/c1-11(13-5-3-4-6-14(13)19)20-10-17(22)21-15-9-12(18)7-8-16(15)23-2/h3-9,11,20H,10H2,1-2H3,(H,21,22). The summed E-state index contributed by atoms with van der Waals surface area (Å²) in [5.41, 5.74) is 1.49. The van der Waals surface area contributed by atoms with Gasteiger partial charge in [0.1, 0.15) is 5.75 Å². The van der Waals surface area contributed by atoms with E-state index in [4.69, 9.17) is 27.9 Å². The number of halogens is 2. The fourth-order valence-electron chi connectivity index (χ4n) is 2.15. The molecule has 0 heterocycles. The molecule has 0 aliphatic rings. The van der Waals surface area contributed by atoms with Crippen LogP contribution in [0.2, 0.25) is 10.0 Å². The second kappa shape index (κ2) is 8.20. The first-order valence-corrected chi connectivity index (χ1v) is 7.88. The van der Waals surface area contributed by atoms with Crippen LogP contribution in [0.4, 0.5) is 5.69 Å². The fourth-order valence-corrected chi connectivity index (χ4v) is 2.63. The van der Waals surface area contributed by atoms with Gasteiger partial charge in [-0.3, -0.25) is 4.79 Å². The van der Waals surface area contributed by atoms with Crippen molar-refractivity contribution in [3.8, 4) is 5.75 Å². The molecular formula is C17H18Cl2N2O2. The molecule has 1 amide bonds. The molecule has 0 saturated carbocycles. The molecule has 0 aliphatic heterocycles. The summed E-state index contributed by atoms with van der Waals surface area (Å²) in [4.78, 5) is 12.1. The van der Waals surface area contributed by atoms with Gasteiger partial charge in [0.15, 0.2) is 0 Å². The molecule has 0 saturated heterocycles. The zero-order valence-corrected chi connectivity index (χ0v) is 14.4. The highest BCUT2D eigenvalue weighted by atomic mass is 35.5. The maximum absolute atomic E-state index is 12.1. The van der Waals surface area contributed by atoms with E-state index in [1.54, 1.807) is 18.2 Å². The monoisotopic (exact) mass is 352 g/mol. The topological polar surface area (TPSA) is 50.4 Å². The Morgan fingerprint density at radius 1 is 1.22 bits per heavy atom. The van der Waals surface area contributed by atoms with Gasteiger partial charge < -0.3 is 15.4 Å². The lowest BCUT2D eigenvalue weighted by atomic mass is 10.1. The SMILES string of the molecule is COc1ccc(Cl)cc1NC(=O)CNC(C)c1ccccc1Cl. The van der Waals surface area contributed by atoms with Crippen molar-refractivity contribution in [3.05, 3.63) is 58.1 Å². The van der Waals surface area contributed by atoms with E-state index in [0.717, 1.165) is 5.56 Å². The van der Waals surface area contributed by atoms with Gasteiger partial charge >= 0.3 is 0 Å². The molecule has 2 aromatic carbocycles. The van der Waals surface area contributed by atoms with E-state index in [-0.39, 0.29) is 18.5 Å². The molecule has 2 rings (SSSR count). The lowest BCUT2D eigenvalue weighted by Gasteiger charge is -2.16. The van der Waals surface area contributed by atoms with Crippen molar-refractivity contribution in [3.63, 3.8) is 0 Å². The Kier molecular flexibility index (Phi) is 6.28. The Balaban J connectivity index is 1.95. The summed E-state index contributed by atoms with van der Waals surface area (Å²) < 4.78 is 5.20. The molecule has 23 heavy (non-hydrogen) atoms. The molecule has 0 aliphatic carbocycles. The number of nitrogens with one attached hydrogen (secondary N) is 2. The minimum Gasteiger partial charge on any atom is -0.495 e. The minimum absolute atomic E-state index is 0.0456. The highest BCUT2D eigenvalue weighted by molar-refractivity contribution is 6.31. The van der Waals surface area contributed by atoms with Gasteiger partial charge in [0.25, 0.3) is 0 Å². The Labute approximate surface area is 145 Å². The van der Waals surface area contributed by atoms with Crippen molar-refractivity contribution in [1.82, 2.24) is 5.32 Å². The molecule has 0 spiro atoms. The molecule has 2 aromatic rings. The van der Waals surface area contributed by atoms with E-state index < -0.39 is 0 Å². The van der Waals surface area contributed by atoms with Crippen molar-refractivity contribution < 1.29 is 9.53 Å². The largest absolute Gasteiger partial charge is 0.495 e. The average Bonchev–Trinajstić information content (AvgIpc) is 2.53. The van der Waals surface area contributed by atoms with Gasteiger partial charge in [-0.05, 0) is 36.8 Å². The van der Waals surface area contributed by atoms with Gasteiger partial charge in [0.2, 0.25) is 5.91 Å². The van der Waals surface area contributed by atoms with Crippen LogP contribution in [0.1, 0.15) is 18.5 Å². The smallest absolute Gasteiger partial charge is 0.238 e. The first kappa shape index (κ1) is 17.6. The van der Waals surface area contributed by atoms with Crippen LogP contribution in [0.25, 0.3) is 0 Å². The van der Waals surface area contributed by atoms with E-state index in [1.807, 2.05) is 31.2 Å². The Morgan fingerprint density at radius 3 is 2.65 bits per heavy atom. The van der Waals surface area contributed by atoms with Crippen molar-refractivity contribution in [2.24, 2.45) is 0 Å². The van der Waals surface area contributed by atoms with Crippen LogP contribution in [0, 0.1) is 0 Å². The first-order chi connectivity index (χ1) is 11.0. The number of amides is 1. The van der Waals surface area contributed by atoms with Crippen LogP contribution < -0.4 is 15.4 Å². The van der Waals surface area contributed by atoms with Gasteiger partial charge in [0, 0.05) is 16.1 Å². The molecule has 2 N–H and O–H groups in total. The molecule has 1 atom stereocenters. The molecule has 122 valence electrons. The van der Waals surface area contributed by atoms with Crippen molar-refractivity contribution in [2.45, 2.75) is 13.0 Å². The van der Waals surface area contributed by atoms with Crippen LogP contribution >= 0.6 is 23.2 Å². The summed E-state index contributed by atoms with van der Waals surface area (Å²) in [5, 5.41) is 7.12. The summed E-state index contributed by atoms with van der Waals surface area (Å²) in [6.07, 6.45) is 0. The molecule has 0 bridgehead atoms. The third-order valence-corrected chi connectivity index (χ3v) is 3.96. The zero-order valence-electron chi connectivity index (χ0n) is 12.9. The highest BCUT2D eigenvalue weighted by Gasteiger charge is 2.12. The Bertz CT molecular complexity index is 692. The van der Waals surface area contributed by atoms with Crippen LogP contribution in [-0.4, -0.2) is 19.6 Å². The minimum atomic E-state index is -0.190. The normalized spacial score (nSPS) is 11.8. The number of methoxy groups -OCH3 is 1. The second-order valence-corrected chi connectivity index (χ2v) is 5.86. The predicted molar refractivity (Wildman–Crippen MR) is 94.5 cm³/mol.